The molecule has 2 aromatic rings. The zero-order valence-electron chi connectivity index (χ0n) is 12.2. The van der Waals surface area contributed by atoms with E-state index in [0.29, 0.717) is 23.4 Å². The third kappa shape index (κ3) is 3.89. The van der Waals surface area contributed by atoms with E-state index in [1.54, 1.807) is 48.3 Å². The summed E-state index contributed by atoms with van der Waals surface area (Å²) in [5, 5.41) is 0. The Bertz CT molecular complexity index is 628. The number of benzene rings is 2. The first kappa shape index (κ1) is 15.2. The van der Waals surface area contributed by atoms with Crippen LogP contribution in [-0.2, 0) is 6.54 Å². The molecule has 0 unspecified atom stereocenters. The molecule has 4 heteroatoms. The second-order valence-electron chi connectivity index (χ2n) is 4.89. The molecule has 0 aliphatic heterocycles. The maximum Gasteiger partial charge on any atom is 0.180 e. The van der Waals surface area contributed by atoms with Crippen LogP contribution in [-0.4, -0.2) is 31.4 Å². The Kier molecular flexibility index (Phi) is 5.06. The number of carbonyl (C=O) groups excluding carboxylic acids is 1. The van der Waals surface area contributed by atoms with Gasteiger partial charge in [-0.3, -0.25) is 9.69 Å². The molecule has 110 valence electrons. The highest BCUT2D eigenvalue weighted by atomic mass is 19.1. The lowest BCUT2D eigenvalue weighted by atomic mass is 10.1. The van der Waals surface area contributed by atoms with Crippen molar-refractivity contribution in [1.29, 1.82) is 0 Å². The van der Waals surface area contributed by atoms with E-state index < -0.39 is 0 Å². The summed E-state index contributed by atoms with van der Waals surface area (Å²) in [5.41, 5.74) is 1.12. The largest absolute Gasteiger partial charge is 0.496 e. The van der Waals surface area contributed by atoms with E-state index in [1.165, 1.54) is 13.2 Å². The Morgan fingerprint density at radius 1 is 1.14 bits per heavy atom. The number of ketones is 1. The van der Waals surface area contributed by atoms with Gasteiger partial charge in [-0.15, -0.1) is 0 Å². The van der Waals surface area contributed by atoms with Crippen molar-refractivity contribution in [2.45, 2.75) is 6.54 Å². The molecule has 3 nitrogen and oxygen atoms in total. The molecule has 2 aromatic carbocycles. The Labute approximate surface area is 124 Å². The number of nitrogens with zero attached hydrogens (tertiary/aromatic N) is 1. The molecule has 0 atom stereocenters. The van der Waals surface area contributed by atoms with E-state index in [2.05, 4.69) is 0 Å². The number of halogens is 1. The van der Waals surface area contributed by atoms with Gasteiger partial charge < -0.3 is 4.74 Å². The molecule has 0 radical (unpaired) electrons. The number of likely N-dealkylation sites (N-methyl/N-ethyl adjacent to an activating group) is 1. The molecule has 0 heterocycles. The van der Waals surface area contributed by atoms with Crippen molar-refractivity contribution in [3.8, 4) is 5.75 Å². The van der Waals surface area contributed by atoms with E-state index in [1.807, 2.05) is 6.07 Å². The summed E-state index contributed by atoms with van der Waals surface area (Å²) in [6, 6.07) is 13.7. The summed E-state index contributed by atoms with van der Waals surface area (Å²) >= 11 is 0. The van der Waals surface area contributed by atoms with Gasteiger partial charge in [0, 0.05) is 12.1 Å². The minimum atomic E-state index is -0.255. The SMILES string of the molecule is COc1ccccc1C(=O)CN(C)Cc1ccccc1F. The summed E-state index contributed by atoms with van der Waals surface area (Å²) in [5.74, 6) is 0.252. The first-order chi connectivity index (χ1) is 10.1. The number of Topliss-reactive ketones (excluding diaryl/α,β-unsaturated/α-hetero) is 1. The van der Waals surface area contributed by atoms with Gasteiger partial charge in [-0.2, -0.15) is 0 Å². The van der Waals surface area contributed by atoms with Crippen LogP contribution in [0.15, 0.2) is 48.5 Å². The second-order valence-corrected chi connectivity index (χ2v) is 4.89. The molecule has 0 fully saturated rings. The molecule has 21 heavy (non-hydrogen) atoms. The highest BCUT2D eigenvalue weighted by Gasteiger charge is 2.14. The maximum absolute atomic E-state index is 13.6. The molecule has 0 spiro atoms. The quantitative estimate of drug-likeness (QED) is 0.764. The average Bonchev–Trinajstić information content (AvgIpc) is 2.49. The third-order valence-corrected chi connectivity index (χ3v) is 3.22. The van der Waals surface area contributed by atoms with Crippen LogP contribution >= 0.6 is 0 Å². The standard InChI is InChI=1S/C17H18FNO2/c1-19(11-13-7-3-5-9-15(13)18)12-16(20)14-8-4-6-10-17(14)21-2/h3-10H,11-12H2,1-2H3. The number of para-hydroxylation sites is 1. The number of ether oxygens (including phenoxy) is 1. The third-order valence-electron chi connectivity index (χ3n) is 3.22. The number of rotatable bonds is 6. The number of methoxy groups -OCH3 is 1. The zero-order chi connectivity index (χ0) is 15.2. The van der Waals surface area contributed by atoms with Crippen LogP contribution in [0.4, 0.5) is 4.39 Å². The van der Waals surface area contributed by atoms with Crippen molar-refractivity contribution in [3.63, 3.8) is 0 Å². The van der Waals surface area contributed by atoms with Crippen LogP contribution in [0.3, 0.4) is 0 Å². The number of carbonyl (C=O) groups is 1. The molecule has 0 aliphatic carbocycles. The Morgan fingerprint density at radius 3 is 2.52 bits per heavy atom. The van der Waals surface area contributed by atoms with Crippen LogP contribution in [0.5, 0.6) is 5.75 Å². The molecule has 2 rings (SSSR count). The summed E-state index contributed by atoms with van der Waals surface area (Å²) < 4.78 is 18.8. The fourth-order valence-electron chi connectivity index (χ4n) is 2.18. The first-order valence-corrected chi connectivity index (χ1v) is 6.70. The molecular formula is C17H18FNO2. The molecule has 0 aromatic heterocycles. The van der Waals surface area contributed by atoms with Gasteiger partial charge in [-0.1, -0.05) is 30.3 Å². The zero-order valence-corrected chi connectivity index (χ0v) is 12.2. The summed E-state index contributed by atoms with van der Waals surface area (Å²) in [6.07, 6.45) is 0. The molecule has 0 saturated carbocycles. The maximum atomic E-state index is 13.6. The van der Waals surface area contributed by atoms with Crippen molar-refractivity contribution < 1.29 is 13.9 Å². The minimum Gasteiger partial charge on any atom is -0.496 e. The minimum absolute atomic E-state index is 0.0497. The van der Waals surface area contributed by atoms with E-state index in [0.717, 1.165) is 0 Å². The van der Waals surface area contributed by atoms with Crippen molar-refractivity contribution in [2.24, 2.45) is 0 Å². The van der Waals surface area contributed by atoms with Gasteiger partial charge in [-0.25, -0.2) is 4.39 Å². The molecule has 0 saturated heterocycles. The highest BCUT2D eigenvalue weighted by Crippen LogP contribution is 2.18. The summed E-state index contributed by atoms with van der Waals surface area (Å²) in [7, 11) is 3.33. The number of hydrogen-bond donors (Lipinski definition) is 0. The lowest BCUT2D eigenvalue weighted by Crippen LogP contribution is -2.26. The van der Waals surface area contributed by atoms with Gasteiger partial charge in [0.2, 0.25) is 0 Å². The van der Waals surface area contributed by atoms with Gasteiger partial charge in [-0.05, 0) is 25.2 Å². The van der Waals surface area contributed by atoms with Crippen molar-refractivity contribution in [1.82, 2.24) is 4.90 Å². The summed E-state index contributed by atoms with van der Waals surface area (Å²) in [6.45, 7) is 0.586. The normalized spacial score (nSPS) is 10.7. The molecule has 0 aliphatic rings. The lowest BCUT2D eigenvalue weighted by molar-refractivity contribution is 0.0939. The van der Waals surface area contributed by atoms with E-state index in [9.17, 15) is 9.18 Å². The predicted octanol–water partition coefficient (Wildman–Crippen LogP) is 3.15. The molecule has 0 bridgehead atoms. The van der Waals surface area contributed by atoms with E-state index in [4.69, 9.17) is 4.74 Å². The molecule has 0 amide bonds. The predicted molar refractivity (Wildman–Crippen MR) is 80.1 cm³/mol. The average molecular weight is 287 g/mol. The Balaban J connectivity index is 2.04. The topological polar surface area (TPSA) is 29.5 Å². The molecule has 0 N–H and O–H groups in total. The smallest absolute Gasteiger partial charge is 0.180 e. The van der Waals surface area contributed by atoms with E-state index >= 15 is 0 Å². The van der Waals surface area contributed by atoms with Crippen LogP contribution in [0.2, 0.25) is 0 Å². The number of hydrogen-bond acceptors (Lipinski definition) is 3. The monoisotopic (exact) mass is 287 g/mol. The lowest BCUT2D eigenvalue weighted by Gasteiger charge is -2.17. The van der Waals surface area contributed by atoms with Gasteiger partial charge >= 0.3 is 0 Å². The Hall–Kier alpha value is -2.20. The van der Waals surface area contributed by atoms with Crippen molar-refractivity contribution >= 4 is 5.78 Å². The van der Waals surface area contributed by atoms with Crippen LogP contribution in [0.1, 0.15) is 15.9 Å². The van der Waals surface area contributed by atoms with Gasteiger partial charge in [0.25, 0.3) is 0 Å². The fourth-order valence-corrected chi connectivity index (χ4v) is 2.18. The van der Waals surface area contributed by atoms with Crippen LogP contribution < -0.4 is 4.74 Å². The fraction of sp³-hybridized carbons (Fsp3) is 0.235. The Morgan fingerprint density at radius 2 is 1.81 bits per heavy atom. The second kappa shape index (κ2) is 6.99. The van der Waals surface area contributed by atoms with Gasteiger partial charge in [0.05, 0.1) is 19.2 Å². The highest BCUT2D eigenvalue weighted by molar-refractivity contribution is 6.00. The van der Waals surface area contributed by atoms with Gasteiger partial charge in [0.1, 0.15) is 11.6 Å². The van der Waals surface area contributed by atoms with E-state index in [-0.39, 0.29) is 18.1 Å². The molecular weight excluding hydrogens is 269 g/mol. The van der Waals surface area contributed by atoms with Crippen molar-refractivity contribution in [3.05, 3.63) is 65.5 Å². The summed E-state index contributed by atoms with van der Waals surface area (Å²) in [4.78, 5) is 14.1. The first-order valence-electron chi connectivity index (χ1n) is 6.70. The van der Waals surface area contributed by atoms with Crippen LogP contribution in [0.25, 0.3) is 0 Å². The van der Waals surface area contributed by atoms with Crippen LogP contribution in [0, 0.1) is 5.82 Å². The van der Waals surface area contributed by atoms with Crippen molar-refractivity contribution in [2.75, 3.05) is 20.7 Å². The van der Waals surface area contributed by atoms with Gasteiger partial charge in [0.15, 0.2) is 5.78 Å².